The Kier molecular flexibility index (Phi) is 2.10. The molecule has 1 N–H and O–H groups in total. The molecular formula is C3H8NSi. The lowest BCUT2D eigenvalue weighted by molar-refractivity contribution is 1.59. The number of rotatable bonds is 1. The van der Waals surface area contributed by atoms with E-state index in [2.05, 4.69) is 13.1 Å². The third-order valence-corrected chi connectivity index (χ3v) is 0.866. The van der Waals surface area contributed by atoms with E-state index >= 15 is 0 Å². The number of hydrogen-bond acceptors (Lipinski definition) is 1. The average molecular weight is 86.2 g/mol. The standard InChI is InChI=1S/C3H8NSi/c1-5(2)3-4/h3-4H,1-2H3. The lowest BCUT2D eigenvalue weighted by Gasteiger charge is -1.78. The summed E-state index contributed by atoms with van der Waals surface area (Å²) >= 11 is 0. The summed E-state index contributed by atoms with van der Waals surface area (Å²) in [6, 6.07) is 0. The molecule has 0 unspecified atom stereocenters. The van der Waals surface area contributed by atoms with Crippen molar-refractivity contribution < 1.29 is 0 Å². The van der Waals surface area contributed by atoms with Crippen LogP contribution in [0.4, 0.5) is 0 Å². The highest BCUT2D eigenvalue weighted by Crippen LogP contribution is 1.65. The molecule has 0 bridgehead atoms. The summed E-state index contributed by atoms with van der Waals surface area (Å²) in [5, 5.41) is 6.58. The van der Waals surface area contributed by atoms with Crippen molar-refractivity contribution in [3.8, 4) is 0 Å². The smallest absolute Gasteiger partial charge is 0.0932 e. The van der Waals surface area contributed by atoms with Crippen LogP contribution in [0.1, 0.15) is 0 Å². The zero-order valence-corrected chi connectivity index (χ0v) is 4.58. The van der Waals surface area contributed by atoms with Gasteiger partial charge in [0.2, 0.25) is 0 Å². The summed E-state index contributed by atoms with van der Waals surface area (Å²) in [6.07, 6.45) is 0. The highest BCUT2D eigenvalue weighted by atomic mass is 28.3. The summed E-state index contributed by atoms with van der Waals surface area (Å²) in [4.78, 5) is 0. The van der Waals surface area contributed by atoms with Crippen LogP contribution in [0.5, 0.6) is 0 Å². The topological polar surface area (TPSA) is 23.9 Å². The third kappa shape index (κ3) is 3.89. The van der Waals surface area contributed by atoms with Crippen LogP contribution >= 0.6 is 0 Å². The Bertz CT molecular complexity index is 33.9. The minimum Gasteiger partial charge on any atom is -0.318 e. The molecule has 0 fully saturated rings. The van der Waals surface area contributed by atoms with E-state index in [9.17, 15) is 0 Å². The fraction of sp³-hybridized carbons (Fsp3) is 0.667. The van der Waals surface area contributed by atoms with Gasteiger partial charge < -0.3 is 5.41 Å². The van der Waals surface area contributed by atoms with Gasteiger partial charge in [-0.15, -0.1) is 0 Å². The molecule has 2 heteroatoms. The molecule has 0 aromatic rings. The molecule has 0 amide bonds. The van der Waals surface area contributed by atoms with Crippen LogP contribution in [0, 0.1) is 5.41 Å². The second-order valence-corrected chi connectivity index (χ2v) is 3.67. The Morgan fingerprint density at radius 3 is 1.80 bits per heavy atom. The van der Waals surface area contributed by atoms with Crippen molar-refractivity contribution in [2.75, 3.05) is 0 Å². The maximum atomic E-state index is 6.58. The minimum atomic E-state index is -0.332. The fourth-order valence-corrected chi connectivity index (χ4v) is 0. The van der Waals surface area contributed by atoms with Crippen molar-refractivity contribution in [3.05, 3.63) is 0 Å². The van der Waals surface area contributed by atoms with Gasteiger partial charge >= 0.3 is 0 Å². The summed E-state index contributed by atoms with van der Waals surface area (Å²) in [5.74, 6) is 1.52. The van der Waals surface area contributed by atoms with Crippen LogP contribution in [0.3, 0.4) is 0 Å². The lowest BCUT2D eigenvalue weighted by Crippen LogP contribution is -1.98. The van der Waals surface area contributed by atoms with Gasteiger partial charge in [-0.05, 0) is 5.84 Å². The molecule has 0 saturated carbocycles. The molecule has 5 heavy (non-hydrogen) atoms. The molecule has 0 aliphatic heterocycles. The first kappa shape index (κ1) is 4.89. The second kappa shape index (κ2) is 2.14. The Hall–Kier alpha value is -0.113. The maximum Gasteiger partial charge on any atom is 0.0932 e. The molecule has 0 aliphatic rings. The lowest BCUT2D eigenvalue weighted by atomic mass is 11.7. The van der Waals surface area contributed by atoms with Crippen LogP contribution in [0.2, 0.25) is 13.1 Å². The molecule has 0 aliphatic carbocycles. The quantitative estimate of drug-likeness (QED) is 0.362. The Balaban J connectivity index is 2.83. The van der Waals surface area contributed by atoms with Gasteiger partial charge in [-0.3, -0.25) is 0 Å². The molecule has 1 nitrogen and oxygen atoms in total. The minimum absolute atomic E-state index is 0.332. The molecule has 0 aromatic carbocycles. The first-order valence-electron chi connectivity index (χ1n) is 1.58. The monoisotopic (exact) mass is 86.0 g/mol. The predicted molar refractivity (Wildman–Crippen MR) is 26.3 cm³/mol. The van der Waals surface area contributed by atoms with Crippen LogP contribution in [-0.4, -0.2) is 14.6 Å². The van der Waals surface area contributed by atoms with Crippen LogP contribution in [0.25, 0.3) is 0 Å². The van der Waals surface area contributed by atoms with Gasteiger partial charge in [-0.25, -0.2) is 0 Å². The van der Waals surface area contributed by atoms with E-state index < -0.39 is 0 Å². The third-order valence-electron chi connectivity index (χ3n) is 0.289. The predicted octanol–water partition coefficient (Wildman–Crippen LogP) is 0.930. The Morgan fingerprint density at radius 2 is 1.80 bits per heavy atom. The van der Waals surface area contributed by atoms with Gasteiger partial charge in [-0.1, -0.05) is 13.1 Å². The van der Waals surface area contributed by atoms with Gasteiger partial charge in [0.25, 0.3) is 0 Å². The normalized spacial score (nSPS) is 8.60. The molecule has 29 valence electrons. The molecule has 0 atom stereocenters. The van der Waals surface area contributed by atoms with E-state index in [0.29, 0.717) is 0 Å². The Labute approximate surface area is 34.1 Å². The average Bonchev–Trinajstić information content (AvgIpc) is 1.38. The van der Waals surface area contributed by atoms with E-state index in [1.165, 1.54) is 5.84 Å². The summed E-state index contributed by atoms with van der Waals surface area (Å²) in [5.41, 5.74) is 0. The molecule has 0 saturated heterocycles. The van der Waals surface area contributed by atoms with E-state index in [-0.39, 0.29) is 8.80 Å². The highest BCUT2D eigenvalue weighted by molar-refractivity contribution is 6.82. The molecule has 0 rings (SSSR count). The largest absolute Gasteiger partial charge is 0.318 e. The zero-order chi connectivity index (χ0) is 4.28. The van der Waals surface area contributed by atoms with Gasteiger partial charge in [0.1, 0.15) is 0 Å². The summed E-state index contributed by atoms with van der Waals surface area (Å²) in [6.45, 7) is 4.16. The molecular weight excluding hydrogens is 78.1 g/mol. The Morgan fingerprint density at radius 1 is 1.60 bits per heavy atom. The van der Waals surface area contributed by atoms with Crippen molar-refractivity contribution in [2.24, 2.45) is 0 Å². The van der Waals surface area contributed by atoms with Gasteiger partial charge in [-0.2, -0.15) is 0 Å². The molecule has 0 aromatic heterocycles. The van der Waals surface area contributed by atoms with E-state index in [0.717, 1.165) is 0 Å². The number of hydrogen-bond donors (Lipinski definition) is 1. The maximum absolute atomic E-state index is 6.58. The second-order valence-electron chi connectivity index (χ2n) is 1.22. The van der Waals surface area contributed by atoms with Crippen molar-refractivity contribution >= 4 is 14.6 Å². The summed E-state index contributed by atoms with van der Waals surface area (Å²) < 4.78 is 0. The molecule has 0 heterocycles. The van der Waals surface area contributed by atoms with E-state index in [4.69, 9.17) is 5.41 Å². The van der Waals surface area contributed by atoms with Gasteiger partial charge in [0.05, 0.1) is 8.80 Å². The van der Waals surface area contributed by atoms with Crippen LogP contribution in [0.15, 0.2) is 0 Å². The van der Waals surface area contributed by atoms with Gasteiger partial charge in [0.15, 0.2) is 0 Å². The first-order chi connectivity index (χ1) is 2.27. The van der Waals surface area contributed by atoms with Crippen molar-refractivity contribution in [1.82, 2.24) is 0 Å². The molecule has 1 radical (unpaired) electrons. The van der Waals surface area contributed by atoms with E-state index in [1.54, 1.807) is 0 Å². The van der Waals surface area contributed by atoms with Crippen LogP contribution in [-0.2, 0) is 0 Å². The summed E-state index contributed by atoms with van der Waals surface area (Å²) in [7, 11) is -0.332. The number of nitrogens with one attached hydrogen (secondary N) is 1. The highest BCUT2D eigenvalue weighted by Gasteiger charge is 1.80. The van der Waals surface area contributed by atoms with Crippen molar-refractivity contribution in [2.45, 2.75) is 13.1 Å². The molecule has 0 spiro atoms. The van der Waals surface area contributed by atoms with Crippen molar-refractivity contribution in [1.29, 1.82) is 5.41 Å². The first-order valence-corrected chi connectivity index (χ1v) is 4.15. The van der Waals surface area contributed by atoms with Crippen LogP contribution < -0.4 is 0 Å². The van der Waals surface area contributed by atoms with Crippen molar-refractivity contribution in [3.63, 3.8) is 0 Å². The SMILES string of the molecule is C[Si](C)C=N. The fourth-order valence-electron chi connectivity index (χ4n) is 0. The van der Waals surface area contributed by atoms with Gasteiger partial charge in [0, 0.05) is 0 Å². The zero-order valence-electron chi connectivity index (χ0n) is 3.58. The van der Waals surface area contributed by atoms with E-state index in [1.807, 2.05) is 0 Å².